The molecule has 2 saturated heterocycles. The number of fused-ring (bicyclic) bond motifs is 2. The molecule has 1 N–H and O–H groups in total. The Morgan fingerprint density at radius 2 is 1.58 bits per heavy atom. The number of nitrogens with one attached hydrogen (secondary N) is 1. The van der Waals surface area contributed by atoms with Crippen molar-refractivity contribution in [1.29, 1.82) is 0 Å². The Balaban J connectivity index is 1.31. The zero-order chi connectivity index (χ0) is 22.6. The number of likely N-dealkylation sites (tertiary alicyclic amines) is 2. The number of carbonyl (C=O) groups excluding carboxylic acids is 2. The Labute approximate surface area is 191 Å². The second-order valence-corrected chi connectivity index (χ2v) is 8.95. The molecule has 33 heavy (non-hydrogen) atoms. The molecule has 172 valence electrons. The lowest BCUT2D eigenvalue weighted by Crippen LogP contribution is -2.68. The molecule has 2 aromatic rings. The molecule has 2 aromatic carbocycles. The number of piperidine rings is 1. The SMILES string of the molecule is CN1CCC(C(=O)Nc2ccc3c(c2)OCO3)(N2C(=O)CC2c2ccc3c(c2)OCO3)CC1. The first-order valence-electron chi connectivity index (χ1n) is 11.1. The van der Waals surface area contributed by atoms with Crippen LogP contribution in [0.2, 0.25) is 0 Å². The lowest BCUT2D eigenvalue weighted by atomic mass is 9.78. The number of carbonyl (C=O) groups is 2. The van der Waals surface area contributed by atoms with Gasteiger partial charge in [0.25, 0.3) is 0 Å². The molecule has 2 amide bonds. The van der Waals surface area contributed by atoms with Gasteiger partial charge in [0.1, 0.15) is 5.54 Å². The molecule has 4 aliphatic rings. The molecule has 6 rings (SSSR count). The Hall–Kier alpha value is -3.46. The van der Waals surface area contributed by atoms with E-state index in [0.717, 1.165) is 18.7 Å². The van der Waals surface area contributed by atoms with E-state index in [1.807, 2.05) is 25.2 Å². The number of hydrogen-bond acceptors (Lipinski definition) is 7. The molecule has 1 atom stereocenters. The third-order valence-electron chi connectivity index (χ3n) is 7.06. The van der Waals surface area contributed by atoms with Gasteiger partial charge in [-0.2, -0.15) is 0 Å². The molecule has 4 heterocycles. The largest absolute Gasteiger partial charge is 0.454 e. The van der Waals surface area contributed by atoms with E-state index >= 15 is 0 Å². The molecular weight excluding hydrogens is 426 g/mol. The van der Waals surface area contributed by atoms with Gasteiger partial charge in [0.2, 0.25) is 25.4 Å². The van der Waals surface area contributed by atoms with E-state index in [0.29, 0.717) is 47.9 Å². The number of nitrogens with zero attached hydrogens (tertiary/aromatic N) is 2. The third kappa shape index (κ3) is 3.26. The van der Waals surface area contributed by atoms with Crippen molar-refractivity contribution in [1.82, 2.24) is 9.80 Å². The maximum atomic E-state index is 13.8. The Morgan fingerprint density at radius 3 is 2.27 bits per heavy atom. The predicted octanol–water partition coefficient (Wildman–Crippen LogP) is 2.52. The summed E-state index contributed by atoms with van der Waals surface area (Å²) < 4.78 is 21.8. The van der Waals surface area contributed by atoms with E-state index in [1.54, 1.807) is 23.1 Å². The van der Waals surface area contributed by atoms with Crippen molar-refractivity contribution < 1.29 is 28.5 Å². The molecule has 0 saturated carbocycles. The number of hydrogen-bond donors (Lipinski definition) is 1. The highest BCUT2D eigenvalue weighted by atomic mass is 16.7. The van der Waals surface area contributed by atoms with Crippen LogP contribution >= 0.6 is 0 Å². The number of amides is 2. The normalized spacial score (nSPS) is 22.8. The van der Waals surface area contributed by atoms with Gasteiger partial charge in [0.05, 0.1) is 12.5 Å². The Bertz CT molecular complexity index is 1130. The highest BCUT2D eigenvalue weighted by molar-refractivity contribution is 6.02. The van der Waals surface area contributed by atoms with Gasteiger partial charge in [-0.1, -0.05) is 6.07 Å². The summed E-state index contributed by atoms with van der Waals surface area (Å²) in [4.78, 5) is 30.8. The standard InChI is InChI=1S/C24H25N3O6/c1-26-8-6-24(7-9-26,23(29)25-16-3-5-19-21(11-16)33-14-31-19)27-17(12-22(27)28)15-2-4-18-20(10-15)32-13-30-18/h2-5,10-11,17H,6-9,12-14H2,1H3,(H,25,29). The van der Waals surface area contributed by atoms with Gasteiger partial charge in [-0.25, -0.2) is 0 Å². The number of ether oxygens (including phenoxy) is 4. The lowest BCUT2D eigenvalue weighted by Gasteiger charge is -2.54. The average molecular weight is 451 g/mol. The first-order chi connectivity index (χ1) is 16.0. The summed E-state index contributed by atoms with van der Waals surface area (Å²) in [6.45, 7) is 1.82. The second-order valence-electron chi connectivity index (χ2n) is 8.95. The highest BCUT2D eigenvalue weighted by Gasteiger charge is 2.55. The number of β-lactam (4-membered cyclic amide) rings is 1. The minimum absolute atomic E-state index is 0.0111. The maximum Gasteiger partial charge on any atom is 0.250 e. The summed E-state index contributed by atoms with van der Waals surface area (Å²) in [5.74, 6) is 2.45. The summed E-state index contributed by atoms with van der Waals surface area (Å²) in [6.07, 6.45) is 1.49. The fourth-order valence-electron chi connectivity index (χ4n) is 5.13. The molecule has 0 bridgehead atoms. The number of anilines is 1. The maximum absolute atomic E-state index is 13.8. The van der Waals surface area contributed by atoms with E-state index in [4.69, 9.17) is 18.9 Å². The fourth-order valence-corrected chi connectivity index (χ4v) is 5.13. The van der Waals surface area contributed by atoms with E-state index in [2.05, 4.69) is 10.2 Å². The highest BCUT2D eigenvalue weighted by Crippen LogP contribution is 2.47. The van der Waals surface area contributed by atoms with Crippen LogP contribution in [0.4, 0.5) is 5.69 Å². The quantitative estimate of drug-likeness (QED) is 0.715. The molecule has 0 spiro atoms. The van der Waals surface area contributed by atoms with Crippen LogP contribution in [0.25, 0.3) is 0 Å². The average Bonchev–Trinajstić information content (AvgIpc) is 3.47. The summed E-state index contributed by atoms with van der Waals surface area (Å²) >= 11 is 0. The van der Waals surface area contributed by atoms with Gasteiger partial charge in [0.15, 0.2) is 23.0 Å². The zero-order valence-electron chi connectivity index (χ0n) is 18.3. The first kappa shape index (κ1) is 20.2. The number of rotatable bonds is 4. The van der Waals surface area contributed by atoms with Crippen LogP contribution in [0.3, 0.4) is 0 Å². The van der Waals surface area contributed by atoms with Gasteiger partial charge in [0, 0.05) is 24.8 Å². The summed E-state index contributed by atoms with van der Waals surface area (Å²) in [5.41, 5.74) is 0.641. The van der Waals surface area contributed by atoms with Crippen LogP contribution in [-0.2, 0) is 9.59 Å². The van der Waals surface area contributed by atoms with Gasteiger partial charge in [-0.15, -0.1) is 0 Å². The van der Waals surface area contributed by atoms with Crippen LogP contribution in [-0.4, -0.2) is 60.9 Å². The van der Waals surface area contributed by atoms with Crippen LogP contribution < -0.4 is 24.3 Å². The monoisotopic (exact) mass is 451 g/mol. The third-order valence-corrected chi connectivity index (χ3v) is 7.06. The Kier molecular flexibility index (Phi) is 4.62. The lowest BCUT2D eigenvalue weighted by molar-refractivity contribution is -0.167. The van der Waals surface area contributed by atoms with E-state index in [9.17, 15) is 9.59 Å². The van der Waals surface area contributed by atoms with Crippen molar-refractivity contribution in [2.45, 2.75) is 30.8 Å². The van der Waals surface area contributed by atoms with Crippen LogP contribution in [0, 0.1) is 0 Å². The molecule has 2 fully saturated rings. The minimum Gasteiger partial charge on any atom is -0.454 e. The molecule has 4 aliphatic heterocycles. The van der Waals surface area contributed by atoms with E-state index < -0.39 is 5.54 Å². The summed E-state index contributed by atoms with van der Waals surface area (Å²) in [7, 11) is 2.03. The number of benzene rings is 2. The van der Waals surface area contributed by atoms with Crippen LogP contribution in [0.1, 0.15) is 30.9 Å². The topological polar surface area (TPSA) is 89.6 Å². The smallest absolute Gasteiger partial charge is 0.250 e. The van der Waals surface area contributed by atoms with Crippen LogP contribution in [0.5, 0.6) is 23.0 Å². The van der Waals surface area contributed by atoms with Crippen molar-refractivity contribution in [3.63, 3.8) is 0 Å². The fraction of sp³-hybridized carbons (Fsp3) is 0.417. The van der Waals surface area contributed by atoms with Gasteiger partial charge in [-0.3, -0.25) is 9.59 Å². The summed E-state index contributed by atoms with van der Waals surface area (Å²) in [5, 5.41) is 3.05. The van der Waals surface area contributed by atoms with Crippen LogP contribution in [0.15, 0.2) is 36.4 Å². The van der Waals surface area contributed by atoms with E-state index in [-0.39, 0.29) is 31.4 Å². The molecule has 1 unspecified atom stereocenters. The van der Waals surface area contributed by atoms with Crippen molar-refractivity contribution in [3.05, 3.63) is 42.0 Å². The molecule has 0 radical (unpaired) electrons. The van der Waals surface area contributed by atoms with E-state index in [1.165, 1.54) is 0 Å². The van der Waals surface area contributed by atoms with Gasteiger partial charge >= 0.3 is 0 Å². The summed E-state index contributed by atoms with van der Waals surface area (Å²) in [6, 6.07) is 10.9. The predicted molar refractivity (Wildman–Crippen MR) is 117 cm³/mol. The zero-order valence-corrected chi connectivity index (χ0v) is 18.3. The molecule has 9 heteroatoms. The van der Waals surface area contributed by atoms with Crippen molar-refractivity contribution >= 4 is 17.5 Å². The Morgan fingerprint density at radius 1 is 0.939 bits per heavy atom. The second kappa shape index (κ2) is 7.55. The molecule has 9 nitrogen and oxygen atoms in total. The first-order valence-corrected chi connectivity index (χ1v) is 11.1. The molecule has 0 aromatic heterocycles. The van der Waals surface area contributed by atoms with Crippen molar-refractivity contribution in [2.75, 3.05) is 39.0 Å². The minimum atomic E-state index is -0.931. The van der Waals surface area contributed by atoms with Gasteiger partial charge in [-0.05, 0) is 49.7 Å². The van der Waals surface area contributed by atoms with Crippen molar-refractivity contribution in [2.24, 2.45) is 0 Å². The van der Waals surface area contributed by atoms with Gasteiger partial charge < -0.3 is 34.1 Å². The van der Waals surface area contributed by atoms with Crippen molar-refractivity contribution in [3.8, 4) is 23.0 Å². The molecule has 0 aliphatic carbocycles. The molecular formula is C24H25N3O6.